The molecule has 5 heteroatoms. The summed E-state index contributed by atoms with van der Waals surface area (Å²) in [5.74, 6) is -0.417. The first-order chi connectivity index (χ1) is 6.70. The normalized spacial score (nSPS) is 21.4. The van der Waals surface area contributed by atoms with Crippen LogP contribution in [0, 0.1) is 0 Å². The van der Waals surface area contributed by atoms with Gasteiger partial charge in [-0.1, -0.05) is 11.6 Å². The summed E-state index contributed by atoms with van der Waals surface area (Å²) >= 11 is 0. The highest BCUT2D eigenvalue weighted by Crippen LogP contribution is 2.29. The maximum absolute atomic E-state index is 10.8. The van der Waals surface area contributed by atoms with Gasteiger partial charge >= 0.3 is 5.97 Å². The van der Waals surface area contributed by atoms with E-state index in [0.717, 1.165) is 25.7 Å². The molecule has 0 spiro atoms. The van der Waals surface area contributed by atoms with E-state index < -0.39 is 5.97 Å². The van der Waals surface area contributed by atoms with E-state index in [4.69, 9.17) is 15.4 Å². The number of nitrogens with two attached hydrogens (primary N) is 1. The Kier molecular flexibility index (Phi) is 2.25. The summed E-state index contributed by atoms with van der Waals surface area (Å²) in [5, 5.41) is 12.4. The van der Waals surface area contributed by atoms with Gasteiger partial charge < -0.3 is 15.4 Å². The van der Waals surface area contributed by atoms with Gasteiger partial charge in [-0.05, 0) is 12.8 Å². The first-order valence-electron chi connectivity index (χ1n) is 4.67. The van der Waals surface area contributed by atoms with Gasteiger partial charge in [-0.3, -0.25) is 0 Å². The molecule has 0 radical (unpaired) electrons. The fourth-order valence-corrected chi connectivity index (χ4v) is 1.84. The minimum atomic E-state index is -1.06. The molecule has 2 rings (SSSR count). The monoisotopic (exact) mass is 196 g/mol. The highest BCUT2D eigenvalue weighted by atomic mass is 16.5. The Morgan fingerprint density at radius 1 is 1.57 bits per heavy atom. The van der Waals surface area contributed by atoms with Gasteiger partial charge in [-0.15, -0.1) is 0 Å². The van der Waals surface area contributed by atoms with Crippen LogP contribution in [0.2, 0.25) is 0 Å². The largest absolute Gasteiger partial charge is 0.476 e. The van der Waals surface area contributed by atoms with Crippen LogP contribution in [-0.2, 0) is 6.42 Å². The Balaban J connectivity index is 2.47. The third-order valence-electron chi connectivity index (χ3n) is 2.54. The number of rotatable bonds is 1. The average molecular weight is 196 g/mol. The van der Waals surface area contributed by atoms with E-state index in [1.165, 1.54) is 0 Å². The van der Waals surface area contributed by atoms with Crippen LogP contribution in [0.3, 0.4) is 0 Å². The summed E-state index contributed by atoms with van der Waals surface area (Å²) in [5.41, 5.74) is 6.44. The first kappa shape index (κ1) is 9.21. The van der Waals surface area contributed by atoms with Crippen LogP contribution < -0.4 is 5.73 Å². The van der Waals surface area contributed by atoms with Gasteiger partial charge in [0.05, 0.1) is 0 Å². The third kappa shape index (κ3) is 1.39. The molecule has 1 aromatic rings. The van der Waals surface area contributed by atoms with Crippen LogP contribution in [0.1, 0.15) is 47.1 Å². The van der Waals surface area contributed by atoms with Crippen LogP contribution in [0.5, 0.6) is 0 Å². The van der Waals surface area contributed by atoms with Crippen LogP contribution in [0.4, 0.5) is 0 Å². The van der Waals surface area contributed by atoms with Crippen molar-refractivity contribution < 1.29 is 14.4 Å². The summed E-state index contributed by atoms with van der Waals surface area (Å²) < 4.78 is 4.99. The Hall–Kier alpha value is -1.36. The van der Waals surface area contributed by atoms with Gasteiger partial charge in [-0.2, -0.15) is 0 Å². The number of hydrogen-bond acceptors (Lipinski definition) is 4. The number of carboxylic acid groups (broad SMARTS) is 1. The minimum absolute atomic E-state index is 0.0191. The number of aryl methyl sites for hydroxylation is 1. The number of hydrogen-bond donors (Lipinski definition) is 2. The molecular weight excluding hydrogens is 184 g/mol. The summed E-state index contributed by atoms with van der Waals surface area (Å²) in [4.78, 5) is 10.8. The molecule has 76 valence electrons. The number of carboxylic acids is 1. The molecule has 0 saturated carbocycles. The van der Waals surface area contributed by atoms with Crippen molar-refractivity contribution in [1.29, 1.82) is 0 Å². The van der Waals surface area contributed by atoms with Crippen molar-refractivity contribution in [3.63, 3.8) is 0 Å². The number of fused-ring (bicyclic) bond motifs is 1. The van der Waals surface area contributed by atoms with Gasteiger partial charge in [0, 0.05) is 18.0 Å². The number of aromatic carboxylic acids is 1. The molecule has 1 aliphatic rings. The zero-order valence-electron chi connectivity index (χ0n) is 7.69. The molecule has 0 saturated heterocycles. The second-order valence-electron chi connectivity index (χ2n) is 3.53. The zero-order valence-corrected chi connectivity index (χ0v) is 7.69. The molecule has 0 bridgehead atoms. The summed E-state index contributed by atoms with van der Waals surface area (Å²) in [6.07, 6.45) is 3.52. The summed E-state index contributed by atoms with van der Waals surface area (Å²) in [7, 11) is 0. The topological polar surface area (TPSA) is 89.4 Å². The first-order valence-corrected chi connectivity index (χ1v) is 4.67. The van der Waals surface area contributed by atoms with Crippen molar-refractivity contribution in [2.45, 2.75) is 31.7 Å². The Morgan fingerprint density at radius 3 is 3.07 bits per heavy atom. The Morgan fingerprint density at radius 2 is 2.36 bits per heavy atom. The quantitative estimate of drug-likeness (QED) is 0.656. The van der Waals surface area contributed by atoms with Gasteiger partial charge in [0.15, 0.2) is 5.69 Å². The van der Waals surface area contributed by atoms with Crippen molar-refractivity contribution >= 4 is 5.97 Å². The molecule has 0 amide bonds. The van der Waals surface area contributed by atoms with Crippen LogP contribution >= 0.6 is 0 Å². The van der Waals surface area contributed by atoms with Crippen molar-refractivity contribution in [2.75, 3.05) is 0 Å². The lowest BCUT2D eigenvalue weighted by molar-refractivity contribution is 0.0684. The molecule has 0 aromatic carbocycles. The van der Waals surface area contributed by atoms with E-state index >= 15 is 0 Å². The molecule has 1 atom stereocenters. The molecule has 1 heterocycles. The highest BCUT2D eigenvalue weighted by molar-refractivity contribution is 5.87. The summed E-state index contributed by atoms with van der Waals surface area (Å²) in [6, 6.07) is -0.246. The van der Waals surface area contributed by atoms with Crippen molar-refractivity contribution in [1.82, 2.24) is 5.16 Å². The van der Waals surface area contributed by atoms with Crippen LogP contribution in [0.25, 0.3) is 0 Å². The smallest absolute Gasteiger partial charge is 0.358 e. The standard InChI is InChI=1S/C9H12N2O3/c10-5-3-1-2-4-6-7(5)8(9(12)13)11-14-6/h5H,1-4,10H2,(H,12,13). The predicted octanol–water partition coefficient (Wildman–Crippen LogP) is 1.10. The van der Waals surface area contributed by atoms with Crippen LogP contribution in [-0.4, -0.2) is 16.2 Å². The molecule has 3 N–H and O–H groups in total. The van der Waals surface area contributed by atoms with E-state index in [9.17, 15) is 4.79 Å². The second-order valence-corrected chi connectivity index (χ2v) is 3.53. The minimum Gasteiger partial charge on any atom is -0.476 e. The maximum atomic E-state index is 10.8. The molecule has 5 nitrogen and oxygen atoms in total. The molecular formula is C9H12N2O3. The fourth-order valence-electron chi connectivity index (χ4n) is 1.84. The lowest BCUT2D eigenvalue weighted by atomic mass is 10.0. The highest BCUT2D eigenvalue weighted by Gasteiger charge is 2.27. The zero-order chi connectivity index (χ0) is 10.1. The number of nitrogens with zero attached hydrogens (tertiary/aromatic N) is 1. The van der Waals surface area contributed by atoms with Crippen LogP contribution in [0.15, 0.2) is 4.52 Å². The van der Waals surface area contributed by atoms with E-state index in [1.54, 1.807) is 0 Å². The molecule has 0 aliphatic heterocycles. The number of aromatic nitrogens is 1. The average Bonchev–Trinajstić information content (AvgIpc) is 2.48. The van der Waals surface area contributed by atoms with Gasteiger partial charge in [-0.25, -0.2) is 4.79 Å². The maximum Gasteiger partial charge on any atom is 0.358 e. The van der Waals surface area contributed by atoms with Gasteiger partial charge in [0.2, 0.25) is 0 Å². The van der Waals surface area contributed by atoms with Crippen molar-refractivity contribution in [3.05, 3.63) is 17.0 Å². The van der Waals surface area contributed by atoms with E-state index in [-0.39, 0.29) is 11.7 Å². The summed E-state index contributed by atoms with van der Waals surface area (Å²) in [6.45, 7) is 0. The fraction of sp³-hybridized carbons (Fsp3) is 0.556. The lowest BCUT2D eigenvalue weighted by Crippen LogP contribution is -2.14. The Bertz CT molecular complexity index is 359. The molecule has 14 heavy (non-hydrogen) atoms. The molecule has 1 unspecified atom stereocenters. The SMILES string of the molecule is NC1CCCCc2onc(C(=O)O)c21. The van der Waals surface area contributed by atoms with Gasteiger partial charge in [0.25, 0.3) is 0 Å². The molecule has 0 fully saturated rings. The van der Waals surface area contributed by atoms with Crippen molar-refractivity contribution in [2.24, 2.45) is 5.73 Å². The van der Waals surface area contributed by atoms with Gasteiger partial charge in [0.1, 0.15) is 5.76 Å². The Labute approximate surface area is 80.9 Å². The predicted molar refractivity (Wildman–Crippen MR) is 47.9 cm³/mol. The van der Waals surface area contributed by atoms with E-state index in [0.29, 0.717) is 11.3 Å². The van der Waals surface area contributed by atoms with E-state index in [2.05, 4.69) is 5.16 Å². The number of carbonyl (C=O) groups is 1. The molecule has 1 aliphatic carbocycles. The van der Waals surface area contributed by atoms with E-state index in [1.807, 2.05) is 0 Å². The second kappa shape index (κ2) is 3.42. The molecule has 1 aromatic heterocycles. The lowest BCUT2D eigenvalue weighted by Gasteiger charge is -2.06. The third-order valence-corrected chi connectivity index (χ3v) is 2.54. The van der Waals surface area contributed by atoms with Crippen molar-refractivity contribution in [3.8, 4) is 0 Å².